The number of carbonyl (C=O) groups excluding carboxylic acids is 3. The van der Waals surface area contributed by atoms with Crippen molar-refractivity contribution in [3.8, 4) is 0 Å². The summed E-state index contributed by atoms with van der Waals surface area (Å²) in [7, 11) is 3.43. The number of nitrogens with one attached hydrogen (secondary N) is 3. The first kappa shape index (κ1) is 34.9. The van der Waals surface area contributed by atoms with E-state index < -0.39 is 5.91 Å². The third-order valence-corrected chi connectivity index (χ3v) is 5.67. The zero-order valence-electron chi connectivity index (χ0n) is 21.9. The minimum atomic E-state index is -0.732. The molecule has 198 valence electrons. The van der Waals surface area contributed by atoms with E-state index in [-0.39, 0.29) is 18.2 Å². The molecule has 1 unspecified atom stereocenters. The molecule has 1 aliphatic rings. The Morgan fingerprint density at radius 2 is 1.89 bits per heavy atom. The summed E-state index contributed by atoms with van der Waals surface area (Å²) in [5.74, 6) is 0.424. The highest BCUT2D eigenvalue weighted by atomic mass is 35.5. The highest BCUT2D eigenvalue weighted by molar-refractivity contribution is 8.15. The van der Waals surface area contributed by atoms with Crippen LogP contribution in [0, 0.1) is 0 Å². The maximum atomic E-state index is 11.9. The third-order valence-electron chi connectivity index (χ3n) is 4.31. The van der Waals surface area contributed by atoms with Crippen molar-refractivity contribution in [1.29, 1.82) is 0 Å². The molecule has 5 N–H and O–H groups in total. The Hall–Kier alpha value is -2.27. The minimum absolute atomic E-state index is 0.0227. The predicted octanol–water partition coefficient (Wildman–Crippen LogP) is 3.79. The molecular formula is C24H41ClN6O3S. The van der Waals surface area contributed by atoms with E-state index in [0.29, 0.717) is 15.9 Å². The Balaban J connectivity index is 0. The van der Waals surface area contributed by atoms with Crippen molar-refractivity contribution in [3.63, 3.8) is 0 Å². The number of hydrogen-bond acceptors (Lipinski definition) is 8. The van der Waals surface area contributed by atoms with Crippen LogP contribution in [0.15, 0.2) is 34.6 Å². The molecule has 2 rings (SSSR count). The average Bonchev–Trinajstić information content (AvgIpc) is 2.87. The van der Waals surface area contributed by atoms with Gasteiger partial charge in [0, 0.05) is 23.7 Å². The molecule has 2 heterocycles. The van der Waals surface area contributed by atoms with Gasteiger partial charge in [0.1, 0.15) is 5.82 Å². The molecule has 0 fully saturated rings. The van der Waals surface area contributed by atoms with Crippen LogP contribution in [0.4, 0.5) is 5.82 Å². The molecule has 1 aromatic rings. The summed E-state index contributed by atoms with van der Waals surface area (Å²) in [4.78, 5) is 40.4. The number of anilines is 1. The molecule has 1 aromatic heterocycles. The van der Waals surface area contributed by atoms with Gasteiger partial charge in [-0.3, -0.25) is 14.4 Å². The number of hydrogen-bond donors (Lipinski definition) is 4. The zero-order chi connectivity index (χ0) is 27.2. The van der Waals surface area contributed by atoms with Crippen molar-refractivity contribution in [2.24, 2.45) is 10.7 Å². The summed E-state index contributed by atoms with van der Waals surface area (Å²) in [5, 5.41) is 9.26. The Morgan fingerprint density at radius 1 is 1.26 bits per heavy atom. The third kappa shape index (κ3) is 17.8. The lowest BCUT2D eigenvalue weighted by atomic mass is 10.1. The second kappa shape index (κ2) is 22.2. The summed E-state index contributed by atoms with van der Waals surface area (Å²) in [6.45, 7) is 11.4. The monoisotopic (exact) mass is 528 g/mol. The number of nitrogens with zero attached hydrogens (tertiary/aromatic N) is 2. The standard InChI is InChI=1S/C13H22N2OS.C7H5ClN2O2.C3H9N.CH5N/c1-5-6-7-10(3)14-12(16)13-15-11(4)9(2)8-17-13;8-5-1-2-6(9-3-5)10-7(12)4-11;1-3-4-2;1-2/h10H,5-8H2,1-4H3,(H,14,16);1-4H,(H,9,10,12);4H,3H2,1-2H3;2H2,1H3. The molecule has 0 radical (unpaired) electrons. The predicted molar refractivity (Wildman–Crippen MR) is 149 cm³/mol. The van der Waals surface area contributed by atoms with Crippen LogP contribution in [0.1, 0.15) is 53.9 Å². The van der Waals surface area contributed by atoms with Gasteiger partial charge in [-0.05, 0) is 65.5 Å². The lowest BCUT2D eigenvalue weighted by Crippen LogP contribution is -2.37. The van der Waals surface area contributed by atoms with E-state index >= 15 is 0 Å². The number of halogens is 1. The number of carbonyl (C=O) groups is 3. The number of rotatable bonds is 8. The second-order valence-corrected chi connectivity index (χ2v) is 8.66. The normalized spacial score (nSPS) is 12.8. The number of amides is 2. The van der Waals surface area contributed by atoms with Crippen molar-refractivity contribution in [2.45, 2.75) is 59.9 Å². The average molecular weight is 529 g/mol. The maximum Gasteiger partial charge on any atom is 0.289 e. The molecule has 9 nitrogen and oxygen atoms in total. The van der Waals surface area contributed by atoms with Crippen molar-refractivity contribution in [2.75, 3.05) is 31.7 Å². The van der Waals surface area contributed by atoms with Gasteiger partial charge in [-0.1, -0.05) is 50.1 Å². The van der Waals surface area contributed by atoms with Crippen LogP contribution in [0.3, 0.4) is 0 Å². The topological polar surface area (TPSA) is 139 Å². The van der Waals surface area contributed by atoms with Gasteiger partial charge in [0.15, 0.2) is 5.04 Å². The molecule has 11 heteroatoms. The van der Waals surface area contributed by atoms with Crippen molar-refractivity contribution >= 4 is 52.3 Å². The highest BCUT2D eigenvalue weighted by Crippen LogP contribution is 2.21. The number of aliphatic imine (C=N–C) groups is 1. The Labute approximate surface area is 219 Å². The number of nitrogens with two attached hydrogens (primary N) is 1. The summed E-state index contributed by atoms with van der Waals surface area (Å²) < 4.78 is 0. The second-order valence-electron chi connectivity index (χ2n) is 7.26. The molecule has 0 bridgehead atoms. The maximum absolute atomic E-state index is 11.9. The fourth-order valence-corrected chi connectivity index (χ4v) is 3.22. The van der Waals surface area contributed by atoms with E-state index in [0.717, 1.165) is 37.3 Å². The minimum Gasteiger partial charge on any atom is -0.348 e. The number of allylic oxidation sites excluding steroid dienone is 1. The number of aromatic nitrogens is 1. The first-order chi connectivity index (χ1) is 16.7. The zero-order valence-corrected chi connectivity index (χ0v) is 23.5. The van der Waals surface area contributed by atoms with E-state index in [1.165, 1.54) is 36.6 Å². The molecule has 1 aliphatic heterocycles. The van der Waals surface area contributed by atoms with Crippen molar-refractivity contribution < 1.29 is 14.4 Å². The summed E-state index contributed by atoms with van der Waals surface area (Å²) in [6.07, 6.45) is 4.91. The van der Waals surface area contributed by atoms with E-state index in [2.05, 4.69) is 59.4 Å². The lowest BCUT2D eigenvalue weighted by molar-refractivity contribution is -0.127. The fourth-order valence-electron chi connectivity index (χ4n) is 2.15. The number of thioether (sulfide) groups is 1. The van der Waals surface area contributed by atoms with Gasteiger partial charge in [0.2, 0.25) is 6.29 Å². The van der Waals surface area contributed by atoms with Gasteiger partial charge in [0.05, 0.1) is 5.02 Å². The van der Waals surface area contributed by atoms with Crippen LogP contribution >= 0.6 is 23.4 Å². The first-order valence-electron chi connectivity index (χ1n) is 11.5. The molecule has 0 aliphatic carbocycles. The lowest BCUT2D eigenvalue weighted by Gasteiger charge is -2.17. The van der Waals surface area contributed by atoms with Gasteiger partial charge in [-0.25, -0.2) is 9.98 Å². The van der Waals surface area contributed by atoms with Crippen LogP contribution in [0.25, 0.3) is 0 Å². The van der Waals surface area contributed by atoms with Crippen molar-refractivity contribution in [1.82, 2.24) is 15.6 Å². The molecule has 35 heavy (non-hydrogen) atoms. The van der Waals surface area contributed by atoms with Gasteiger partial charge in [-0.15, -0.1) is 0 Å². The molecule has 0 saturated heterocycles. The smallest absolute Gasteiger partial charge is 0.289 e. The molecule has 0 saturated carbocycles. The highest BCUT2D eigenvalue weighted by Gasteiger charge is 2.18. The fraction of sp³-hybridized carbons (Fsp3) is 0.542. The largest absolute Gasteiger partial charge is 0.348 e. The van der Waals surface area contributed by atoms with Crippen LogP contribution < -0.4 is 21.7 Å². The Kier molecular flexibility index (Phi) is 22.1. The van der Waals surface area contributed by atoms with Gasteiger partial charge in [0.25, 0.3) is 11.8 Å². The van der Waals surface area contributed by atoms with Gasteiger partial charge >= 0.3 is 0 Å². The van der Waals surface area contributed by atoms with E-state index in [1.54, 1.807) is 6.07 Å². The summed E-state index contributed by atoms with van der Waals surface area (Å²) >= 11 is 7.07. The van der Waals surface area contributed by atoms with E-state index in [1.807, 2.05) is 14.0 Å². The summed E-state index contributed by atoms with van der Waals surface area (Å²) in [5.41, 5.74) is 6.74. The van der Waals surface area contributed by atoms with Gasteiger partial charge in [-0.2, -0.15) is 0 Å². The molecule has 1 atom stereocenters. The Morgan fingerprint density at radius 3 is 2.34 bits per heavy atom. The molecule has 2 amide bonds. The summed E-state index contributed by atoms with van der Waals surface area (Å²) in [6, 6.07) is 3.30. The quantitative estimate of drug-likeness (QED) is 0.297. The number of unbranched alkanes of at least 4 members (excludes halogenated alkanes) is 1. The van der Waals surface area contributed by atoms with Crippen LogP contribution in [-0.2, 0) is 14.4 Å². The number of aldehydes is 1. The first-order valence-corrected chi connectivity index (χ1v) is 12.8. The molecule has 0 aromatic carbocycles. The van der Waals surface area contributed by atoms with Crippen molar-refractivity contribution in [3.05, 3.63) is 34.6 Å². The number of pyridine rings is 1. The van der Waals surface area contributed by atoms with Crippen LogP contribution in [0.5, 0.6) is 0 Å². The van der Waals surface area contributed by atoms with Crippen LogP contribution in [-0.4, -0.2) is 60.6 Å². The SMILES string of the molecule is CCCCC(C)NC(=O)C1=NC(C)=C(C)CS1.CCNC.CN.O=CC(=O)Nc1ccc(Cl)cn1. The Bertz CT molecular complexity index is 814. The van der Waals surface area contributed by atoms with Gasteiger partial charge < -0.3 is 21.7 Å². The van der Waals surface area contributed by atoms with Crippen LogP contribution in [0.2, 0.25) is 5.02 Å². The molecule has 0 spiro atoms. The van der Waals surface area contributed by atoms with E-state index in [9.17, 15) is 14.4 Å². The molecular weight excluding hydrogens is 488 g/mol. The van der Waals surface area contributed by atoms with E-state index in [4.69, 9.17) is 11.6 Å².